The summed E-state index contributed by atoms with van der Waals surface area (Å²) in [4.78, 5) is 5.03. The van der Waals surface area contributed by atoms with Gasteiger partial charge in [0.15, 0.2) is 0 Å². The van der Waals surface area contributed by atoms with Crippen LogP contribution in [-0.2, 0) is 0 Å². The SMILES string of the molecule is CCC(CC)(CBr)CN1CCC(CN(C)C)CC1. The van der Waals surface area contributed by atoms with Gasteiger partial charge < -0.3 is 9.80 Å². The Hall–Kier alpha value is 0.400. The van der Waals surface area contributed by atoms with E-state index < -0.39 is 0 Å². The molecular weight excluding hydrogens is 288 g/mol. The monoisotopic (exact) mass is 318 g/mol. The Bertz CT molecular complexity index is 210. The molecule has 0 aromatic carbocycles. The Balaban J connectivity index is 2.38. The van der Waals surface area contributed by atoms with Gasteiger partial charge in [-0.05, 0) is 64.2 Å². The standard InChI is InChI=1S/C15H31BrN2/c1-5-15(6-2,12-16)13-18-9-7-14(8-10-18)11-17(3)4/h14H,5-13H2,1-4H3. The maximum atomic E-state index is 3.73. The number of piperidine rings is 1. The van der Waals surface area contributed by atoms with Crippen LogP contribution in [0.3, 0.4) is 0 Å². The van der Waals surface area contributed by atoms with Crippen LogP contribution in [0, 0.1) is 11.3 Å². The predicted molar refractivity (Wildman–Crippen MR) is 84.5 cm³/mol. The molecule has 108 valence electrons. The molecular formula is C15H31BrN2. The Morgan fingerprint density at radius 1 is 1.17 bits per heavy atom. The molecule has 0 aromatic heterocycles. The van der Waals surface area contributed by atoms with Crippen molar-refractivity contribution in [2.24, 2.45) is 11.3 Å². The molecule has 0 N–H and O–H groups in total. The molecule has 2 nitrogen and oxygen atoms in total. The van der Waals surface area contributed by atoms with Gasteiger partial charge in [-0.25, -0.2) is 0 Å². The van der Waals surface area contributed by atoms with Gasteiger partial charge in [0.25, 0.3) is 0 Å². The van der Waals surface area contributed by atoms with Crippen LogP contribution in [0.15, 0.2) is 0 Å². The van der Waals surface area contributed by atoms with Crippen LogP contribution in [0.4, 0.5) is 0 Å². The minimum absolute atomic E-state index is 0.494. The molecule has 0 spiro atoms. The van der Waals surface area contributed by atoms with Gasteiger partial charge in [0, 0.05) is 18.4 Å². The van der Waals surface area contributed by atoms with Crippen LogP contribution in [0.25, 0.3) is 0 Å². The fourth-order valence-corrected chi connectivity index (χ4v) is 3.99. The zero-order valence-corrected chi connectivity index (χ0v) is 14.3. The van der Waals surface area contributed by atoms with Gasteiger partial charge >= 0.3 is 0 Å². The summed E-state index contributed by atoms with van der Waals surface area (Å²) in [6, 6.07) is 0. The summed E-state index contributed by atoms with van der Waals surface area (Å²) in [5, 5.41) is 1.14. The minimum Gasteiger partial charge on any atom is -0.309 e. The lowest BCUT2D eigenvalue weighted by Crippen LogP contribution is -2.43. The number of hydrogen-bond donors (Lipinski definition) is 0. The fourth-order valence-electron chi connectivity index (χ4n) is 3.02. The molecule has 3 heteroatoms. The van der Waals surface area contributed by atoms with Crippen molar-refractivity contribution in [3.63, 3.8) is 0 Å². The van der Waals surface area contributed by atoms with Crippen LogP contribution in [0.2, 0.25) is 0 Å². The molecule has 0 amide bonds. The van der Waals surface area contributed by atoms with Crippen LogP contribution in [0.1, 0.15) is 39.5 Å². The molecule has 0 saturated carbocycles. The van der Waals surface area contributed by atoms with E-state index in [4.69, 9.17) is 0 Å². The first kappa shape index (κ1) is 16.5. The van der Waals surface area contributed by atoms with E-state index in [2.05, 4.69) is 53.7 Å². The molecule has 18 heavy (non-hydrogen) atoms. The van der Waals surface area contributed by atoms with Crippen LogP contribution in [-0.4, -0.2) is 55.4 Å². The van der Waals surface area contributed by atoms with Crippen molar-refractivity contribution in [3.05, 3.63) is 0 Å². The average molecular weight is 319 g/mol. The largest absolute Gasteiger partial charge is 0.309 e. The van der Waals surface area contributed by atoms with Gasteiger partial charge in [0.2, 0.25) is 0 Å². The second-order valence-electron chi connectivity index (χ2n) is 6.32. The smallest absolute Gasteiger partial charge is 0.01000 e. The van der Waals surface area contributed by atoms with E-state index in [0.29, 0.717) is 5.41 Å². The van der Waals surface area contributed by atoms with Gasteiger partial charge in [-0.3, -0.25) is 0 Å². The van der Waals surface area contributed by atoms with Gasteiger partial charge in [0.1, 0.15) is 0 Å². The Kier molecular flexibility index (Phi) is 7.19. The quantitative estimate of drug-likeness (QED) is 0.663. The number of nitrogens with zero attached hydrogens (tertiary/aromatic N) is 2. The molecule has 1 aliphatic rings. The maximum absolute atomic E-state index is 3.73. The Labute approximate surface area is 122 Å². The van der Waals surface area contributed by atoms with E-state index in [9.17, 15) is 0 Å². The minimum atomic E-state index is 0.494. The summed E-state index contributed by atoms with van der Waals surface area (Å²) in [6.45, 7) is 9.81. The Morgan fingerprint density at radius 3 is 2.11 bits per heavy atom. The van der Waals surface area contributed by atoms with Crippen molar-refractivity contribution in [2.75, 3.05) is 45.6 Å². The van der Waals surface area contributed by atoms with E-state index in [0.717, 1.165) is 11.2 Å². The van der Waals surface area contributed by atoms with E-state index in [1.165, 1.54) is 51.9 Å². The molecule has 0 bridgehead atoms. The van der Waals surface area contributed by atoms with E-state index in [-0.39, 0.29) is 0 Å². The normalized spacial score (nSPS) is 19.7. The number of alkyl halides is 1. The zero-order chi connectivity index (χ0) is 13.6. The zero-order valence-electron chi connectivity index (χ0n) is 12.7. The van der Waals surface area contributed by atoms with E-state index in [1.54, 1.807) is 0 Å². The first-order valence-corrected chi connectivity index (χ1v) is 8.60. The second-order valence-corrected chi connectivity index (χ2v) is 6.88. The summed E-state index contributed by atoms with van der Waals surface area (Å²) in [6.07, 6.45) is 5.33. The third kappa shape index (κ3) is 4.82. The van der Waals surface area contributed by atoms with Crippen molar-refractivity contribution >= 4 is 15.9 Å². The van der Waals surface area contributed by atoms with Gasteiger partial charge in [0.05, 0.1) is 0 Å². The number of likely N-dealkylation sites (tertiary alicyclic amines) is 1. The summed E-state index contributed by atoms with van der Waals surface area (Å²) >= 11 is 3.73. The molecule has 1 aliphatic heterocycles. The molecule has 0 atom stereocenters. The van der Waals surface area contributed by atoms with Crippen molar-refractivity contribution in [1.29, 1.82) is 0 Å². The van der Waals surface area contributed by atoms with Gasteiger partial charge in [-0.15, -0.1) is 0 Å². The topological polar surface area (TPSA) is 6.48 Å². The average Bonchev–Trinajstić information content (AvgIpc) is 2.38. The molecule has 1 rings (SSSR count). The lowest BCUT2D eigenvalue weighted by molar-refractivity contribution is 0.108. The van der Waals surface area contributed by atoms with Crippen LogP contribution >= 0.6 is 15.9 Å². The van der Waals surface area contributed by atoms with Gasteiger partial charge in [-0.2, -0.15) is 0 Å². The highest BCUT2D eigenvalue weighted by atomic mass is 79.9. The molecule has 1 fully saturated rings. The van der Waals surface area contributed by atoms with Crippen molar-refractivity contribution in [1.82, 2.24) is 9.80 Å². The lowest BCUT2D eigenvalue weighted by atomic mass is 9.83. The highest BCUT2D eigenvalue weighted by molar-refractivity contribution is 9.09. The van der Waals surface area contributed by atoms with Crippen molar-refractivity contribution in [3.8, 4) is 0 Å². The lowest BCUT2D eigenvalue weighted by Gasteiger charge is -2.40. The van der Waals surface area contributed by atoms with E-state index >= 15 is 0 Å². The summed E-state index contributed by atoms with van der Waals surface area (Å²) in [5.41, 5.74) is 0.494. The first-order chi connectivity index (χ1) is 8.55. The van der Waals surface area contributed by atoms with Crippen molar-refractivity contribution < 1.29 is 0 Å². The highest BCUT2D eigenvalue weighted by Crippen LogP contribution is 2.31. The summed E-state index contributed by atoms with van der Waals surface area (Å²) in [7, 11) is 4.38. The second kappa shape index (κ2) is 7.86. The summed E-state index contributed by atoms with van der Waals surface area (Å²) < 4.78 is 0. The molecule has 0 aliphatic carbocycles. The number of halogens is 1. The summed E-state index contributed by atoms with van der Waals surface area (Å²) in [5.74, 6) is 0.915. The molecule has 1 heterocycles. The maximum Gasteiger partial charge on any atom is 0.01000 e. The number of hydrogen-bond acceptors (Lipinski definition) is 2. The van der Waals surface area contributed by atoms with Crippen LogP contribution in [0.5, 0.6) is 0 Å². The molecule has 1 saturated heterocycles. The van der Waals surface area contributed by atoms with Crippen molar-refractivity contribution in [2.45, 2.75) is 39.5 Å². The third-order valence-electron chi connectivity index (χ3n) is 4.67. The first-order valence-electron chi connectivity index (χ1n) is 7.48. The molecule has 0 aromatic rings. The third-order valence-corrected chi connectivity index (χ3v) is 5.86. The highest BCUT2D eigenvalue weighted by Gasteiger charge is 2.29. The number of rotatable bonds is 7. The Morgan fingerprint density at radius 2 is 1.72 bits per heavy atom. The predicted octanol–water partition coefficient (Wildman–Crippen LogP) is 3.46. The van der Waals surface area contributed by atoms with Crippen LogP contribution < -0.4 is 0 Å². The molecule has 0 unspecified atom stereocenters. The molecule has 0 radical (unpaired) electrons. The van der Waals surface area contributed by atoms with E-state index in [1.807, 2.05) is 0 Å². The fraction of sp³-hybridized carbons (Fsp3) is 1.00. The van der Waals surface area contributed by atoms with Gasteiger partial charge in [-0.1, -0.05) is 29.8 Å².